The van der Waals surface area contributed by atoms with E-state index in [-0.39, 0.29) is 17.9 Å². The topological polar surface area (TPSA) is 79.8 Å². The quantitative estimate of drug-likeness (QED) is 0.626. The fourth-order valence-corrected chi connectivity index (χ4v) is 2.08. The van der Waals surface area contributed by atoms with Gasteiger partial charge < -0.3 is 10.1 Å². The van der Waals surface area contributed by atoms with Gasteiger partial charge in [0.2, 0.25) is 5.91 Å². The number of carbonyl (C=O) groups excluding carboxylic acids is 2. The van der Waals surface area contributed by atoms with Gasteiger partial charge in [-0.2, -0.15) is 5.10 Å². The SMILES string of the molecule is CC(=O)Nc1cccc(C(=O)N/N=C\c2ccc(OC(C)C)cc2)c1. The van der Waals surface area contributed by atoms with Gasteiger partial charge in [-0.05, 0) is 61.9 Å². The van der Waals surface area contributed by atoms with E-state index in [9.17, 15) is 9.59 Å². The number of carbonyl (C=O) groups is 2. The van der Waals surface area contributed by atoms with Crippen molar-refractivity contribution in [1.82, 2.24) is 5.43 Å². The average Bonchev–Trinajstić information content (AvgIpc) is 2.55. The number of hydrazone groups is 1. The number of nitrogens with one attached hydrogen (secondary N) is 2. The summed E-state index contributed by atoms with van der Waals surface area (Å²) in [5.74, 6) is 0.231. The van der Waals surface area contributed by atoms with Crippen LogP contribution in [0.1, 0.15) is 36.7 Å². The summed E-state index contributed by atoms with van der Waals surface area (Å²) in [7, 11) is 0. The summed E-state index contributed by atoms with van der Waals surface area (Å²) < 4.78 is 5.56. The Morgan fingerprint density at radius 1 is 1.12 bits per heavy atom. The Hall–Kier alpha value is -3.15. The number of rotatable bonds is 6. The van der Waals surface area contributed by atoms with Gasteiger partial charge in [0.15, 0.2) is 0 Å². The summed E-state index contributed by atoms with van der Waals surface area (Å²) in [6.45, 7) is 5.34. The van der Waals surface area contributed by atoms with Crippen molar-refractivity contribution in [3.63, 3.8) is 0 Å². The lowest BCUT2D eigenvalue weighted by Crippen LogP contribution is -2.18. The summed E-state index contributed by atoms with van der Waals surface area (Å²) in [5.41, 5.74) is 4.26. The maximum Gasteiger partial charge on any atom is 0.271 e. The third-order valence-corrected chi connectivity index (χ3v) is 3.08. The maximum absolute atomic E-state index is 12.1. The van der Waals surface area contributed by atoms with E-state index in [2.05, 4.69) is 15.8 Å². The van der Waals surface area contributed by atoms with Gasteiger partial charge in [0.05, 0.1) is 12.3 Å². The van der Waals surface area contributed by atoms with Crippen molar-refractivity contribution >= 4 is 23.7 Å². The van der Waals surface area contributed by atoms with Crippen LogP contribution in [-0.2, 0) is 4.79 Å². The van der Waals surface area contributed by atoms with E-state index in [1.807, 2.05) is 38.1 Å². The van der Waals surface area contributed by atoms with E-state index in [0.717, 1.165) is 11.3 Å². The molecule has 25 heavy (non-hydrogen) atoms. The first-order chi connectivity index (χ1) is 11.9. The van der Waals surface area contributed by atoms with Crippen molar-refractivity contribution in [2.24, 2.45) is 5.10 Å². The highest BCUT2D eigenvalue weighted by Crippen LogP contribution is 2.13. The molecular formula is C19H21N3O3. The van der Waals surface area contributed by atoms with Crippen LogP contribution in [0.25, 0.3) is 0 Å². The lowest BCUT2D eigenvalue weighted by molar-refractivity contribution is -0.114. The molecule has 0 radical (unpaired) electrons. The normalized spacial score (nSPS) is 10.7. The summed E-state index contributed by atoms with van der Waals surface area (Å²) >= 11 is 0. The third-order valence-electron chi connectivity index (χ3n) is 3.08. The van der Waals surface area contributed by atoms with Gasteiger partial charge in [0.1, 0.15) is 5.75 Å². The molecule has 0 aromatic heterocycles. The average molecular weight is 339 g/mol. The van der Waals surface area contributed by atoms with Crippen LogP contribution in [0.3, 0.4) is 0 Å². The lowest BCUT2D eigenvalue weighted by Gasteiger charge is -2.09. The van der Waals surface area contributed by atoms with Gasteiger partial charge in [0, 0.05) is 18.2 Å². The zero-order chi connectivity index (χ0) is 18.2. The Morgan fingerprint density at radius 2 is 1.84 bits per heavy atom. The van der Waals surface area contributed by atoms with Crippen LogP contribution in [0.4, 0.5) is 5.69 Å². The number of nitrogens with zero attached hydrogens (tertiary/aromatic N) is 1. The van der Waals surface area contributed by atoms with Crippen LogP contribution < -0.4 is 15.5 Å². The minimum Gasteiger partial charge on any atom is -0.491 e. The van der Waals surface area contributed by atoms with Crippen LogP contribution in [-0.4, -0.2) is 24.1 Å². The Morgan fingerprint density at radius 3 is 2.48 bits per heavy atom. The van der Waals surface area contributed by atoms with Gasteiger partial charge in [0.25, 0.3) is 5.91 Å². The summed E-state index contributed by atoms with van der Waals surface area (Å²) in [6.07, 6.45) is 1.67. The molecule has 0 saturated carbocycles. The number of amides is 2. The molecule has 0 spiro atoms. The molecule has 130 valence electrons. The van der Waals surface area contributed by atoms with Crippen LogP contribution in [0, 0.1) is 0 Å². The standard InChI is InChI=1S/C19H21N3O3/c1-13(2)25-18-9-7-15(8-10-18)12-20-22-19(24)16-5-4-6-17(11-16)21-14(3)23/h4-13H,1-3H3,(H,21,23)(H,22,24)/b20-12-. The molecule has 0 heterocycles. The molecule has 0 fully saturated rings. The van der Waals surface area contributed by atoms with Crippen LogP contribution in [0.15, 0.2) is 53.6 Å². The third kappa shape index (κ3) is 6.10. The molecule has 6 heteroatoms. The number of hydrogen-bond donors (Lipinski definition) is 2. The van der Waals surface area contributed by atoms with Crippen molar-refractivity contribution in [1.29, 1.82) is 0 Å². The van der Waals surface area contributed by atoms with Crippen LogP contribution in [0.2, 0.25) is 0 Å². The van der Waals surface area contributed by atoms with Gasteiger partial charge in [-0.15, -0.1) is 0 Å². The molecule has 0 aliphatic rings. The monoisotopic (exact) mass is 339 g/mol. The molecule has 0 bridgehead atoms. The molecule has 0 atom stereocenters. The number of anilines is 1. The molecule has 0 aliphatic heterocycles. The van der Waals surface area contributed by atoms with Gasteiger partial charge in [-0.1, -0.05) is 6.07 Å². The predicted octanol–water partition coefficient (Wildman–Crippen LogP) is 3.20. The molecule has 6 nitrogen and oxygen atoms in total. The van der Waals surface area contributed by atoms with Crippen molar-refractivity contribution in [2.45, 2.75) is 26.9 Å². The molecule has 2 amide bonds. The van der Waals surface area contributed by atoms with Crippen LogP contribution >= 0.6 is 0 Å². The predicted molar refractivity (Wildman–Crippen MR) is 98.0 cm³/mol. The van der Waals surface area contributed by atoms with E-state index in [0.29, 0.717) is 11.3 Å². The van der Waals surface area contributed by atoms with Crippen LogP contribution in [0.5, 0.6) is 5.75 Å². The summed E-state index contributed by atoms with van der Waals surface area (Å²) in [6, 6.07) is 14.0. The molecule has 0 aliphatic carbocycles. The highest BCUT2D eigenvalue weighted by Gasteiger charge is 2.05. The second-order valence-corrected chi connectivity index (χ2v) is 5.70. The van der Waals surface area contributed by atoms with Crippen molar-refractivity contribution < 1.29 is 14.3 Å². The van der Waals surface area contributed by atoms with E-state index < -0.39 is 0 Å². The van der Waals surface area contributed by atoms with Gasteiger partial charge in [-0.3, -0.25) is 9.59 Å². The highest BCUT2D eigenvalue weighted by molar-refractivity contribution is 5.97. The second kappa shape index (κ2) is 8.63. The van der Waals surface area contributed by atoms with E-state index in [1.54, 1.807) is 30.5 Å². The highest BCUT2D eigenvalue weighted by atomic mass is 16.5. The molecule has 0 saturated heterocycles. The Bertz CT molecular complexity index is 768. The van der Waals surface area contributed by atoms with Crippen molar-refractivity contribution in [3.8, 4) is 5.75 Å². The molecule has 2 rings (SSSR count). The van der Waals surface area contributed by atoms with E-state index >= 15 is 0 Å². The Balaban J connectivity index is 1.95. The minimum atomic E-state index is -0.358. The Kier molecular flexibility index (Phi) is 6.28. The second-order valence-electron chi connectivity index (χ2n) is 5.70. The van der Waals surface area contributed by atoms with Crippen molar-refractivity contribution in [2.75, 3.05) is 5.32 Å². The number of ether oxygens (including phenoxy) is 1. The van der Waals surface area contributed by atoms with E-state index in [4.69, 9.17) is 4.74 Å². The molecule has 2 aromatic rings. The first-order valence-corrected chi connectivity index (χ1v) is 7.92. The fourth-order valence-electron chi connectivity index (χ4n) is 2.08. The molecule has 0 unspecified atom stereocenters. The van der Waals surface area contributed by atoms with E-state index in [1.165, 1.54) is 6.92 Å². The summed E-state index contributed by atoms with van der Waals surface area (Å²) in [5, 5.41) is 6.58. The number of hydrogen-bond acceptors (Lipinski definition) is 4. The Labute approximate surface area is 146 Å². The van der Waals surface area contributed by atoms with Gasteiger partial charge in [-0.25, -0.2) is 5.43 Å². The lowest BCUT2D eigenvalue weighted by atomic mass is 10.2. The maximum atomic E-state index is 12.1. The number of benzene rings is 2. The summed E-state index contributed by atoms with van der Waals surface area (Å²) in [4.78, 5) is 23.2. The molecule has 2 N–H and O–H groups in total. The van der Waals surface area contributed by atoms with Gasteiger partial charge >= 0.3 is 0 Å². The first-order valence-electron chi connectivity index (χ1n) is 7.92. The first kappa shape index (κ1) is 18.2. The minimum absolute atomic E-state index is 0.118. The zero-order valence-corrected chi connectivity index (χ0v) is 14.4. The zero-order valence-electron chi connectivity index (χ0n) is 14.4. The smallest absolute Gasteiger partial charge is 0.271 e. The molecule has 2 aromatic carbocycles. The fraction of sp³-hybridized carbons (Fsp3) is 0.211. The largest absolute Gasteiger partial charge is 0.491 e. The van der Waals surface area contributed by atoms with Crippen molar-refractivity contribution in [3.05, 3.63) is 59.7 Å². The molecular weight excluding hydrogens is 318 g/mol.